The highest BCUT2D eigenvalue weighted by molar-refractivity contribution is 5.67. The van der Waals surface area contributed by atoms with Crippen LogP contribution in [0.5, 0.6) is 0 Å². The van der Waals surface area contributed by atoms with Crippen molar-refractivity contribution >= 4 is 5.97 Å². The summed E-state index contributed by atoms with van der Waals surface area (Å²) in [6, 6.07) is 4.22. The second-order valence-corrected chi connectivity index (χ2v) is 4.32. The molecule has 1 aromatic rings. The van der Waals surface area contributed by atoms with Gasteiger partial charge in [-0.05, 0) is 25.0 Å². The van der Waals surface area contributed by atoms with Crippen LogP contribution in [-0.2, 0) is 15.1 Å². The minimum Gasteiger partial charge on any atom is -0.443 e. The number of aromatic nitrogens is 1. The van der Waals surface area contributed by atoms with E-state index in [2.05, 4.69) is 9.72 Å². The lowest BCUT2D eigenvalue weighted by molar-refractivity contribution is -0.285. The van der Waals surface area contributed by atoms with Gasteiger partial charge in [0.05, 0.1) is 5.69 Å². The summed E-state index contributed by atoms with van der Waals surface area (Å²) in [5, 5.41) is 0. The second-order valence-electron chi connectivity index (χ2n) is 4.32. The van der Waals surface area contributed by atoms with Crippen LogP contribution in [0, 0.1) is 5.92 Å². The number of rotatable bonds is 3. The van der Waals surface area contributed by atoms with E-state index in [0.717, 1.165) is 6.92 Å². The molecule has 0 saturated heterocycles. The summed E-state index contributed by atoms with van der Waals surface area (Å²) >= 11 is 0. The third-order valence-corrected chi connectivity index (χ3v) is 2.92. The maximum Gasteiger partial charge on any atom is 0.434 e. The van der Waals surface area contributed by atoms with Gasteiger partial charge in [-0.3, -0.25) is 9.78 Å². The Morgan fingerprint density at radius 3 is 2.44 bits per heavy atom. The lowest BCUT2D eigenvalue weighted by Crippen LogP contribution is -2.48. The maximum atomic E-state index is 13.4. The Kier molecular flexibility index (Phi) is 3.04. The fraction of sp³-hybridized carbons (Fsp3) is 0.500. The van der Waals surface area contributed by atoms with Crippen LogP contribution in [0.3, 0.4) is 0 Å². The minimum absolute atomic E-state index is 0.254. The van der Waals surface area contributed by atoms with Gasteiger partial charge in [0.25, 0.3) is 5.60 Å². The Morgan fingerprint density at radius 1 is 1.39 bits per heavy atom. The number of alkyl halides is 3. The van der Waals surface area contributed by atoms with Crippen molar-refractivity contribution < 1.29 is 22.7 Å². The summed E-state index contributed by atoms with van der Waals surface area (Å²) in [4.78, 5) is 14.8. The summed E-state index contributed by atoms with van der Waals surface area (Å²) in [5.41, 5.74) is -2.85. The van der Waals surface area contributed by atoms with Crippen molar-refractivity contribution in [3.8, 4) is 0 Å². The third-order valence-electron chi connectivity index (χ3n) is 2.92. The van der Waals surface area contributed by atoms with Crippen molar-refractivity contribution in [2.45, 2.75) is 31.5 Å². The molecule has 3 nitrogen and oxygen atoms in total. The zero-order valence-corrected chi connectivity index (χ0v) is 9.70. The first-order chi connectivity index (χ1) is 8.38. The van der Waals surface area contributed by atoms with E-state index in [0.29, 0.717) is 12.8 Å². The first-order valence-electron chi connectivity index (χ1n) is 5.55. The molecule has 1 heterocycles. The van der Waals surface area contributed by atoms with Crippen LogP contribution in [0.15, 0.2) is 24.4 Å². The summed E-state index contributed by atoms with van der Waals surface area (Å²) in [7, 11) is 0. The first-order valence-corrected chi connectivity index (χ1v) is 5.55. The van der Waals surface area contributed by atoms with Crippen LogP contribution in [0.4, 0.5) is 13.2 Å². The second kappa shape index (κ2) is 4.26. The van der Waals surface area contributed by atoms with E-state index in [-0.39, 0.29) is 5.69 Å². The SMILES string of the molecule is CC(=O)OC(c1ccccn1)(C1CC1)C(F)(F)F. The summed E-state index contributed by atoms with van der Waals surface area (Å²) in [5.74, 6) is -1.69. The van der Waals surface area contributed by atoms with Crippen molar-refractivity contribution in [2.75, 3.05) is 0 Å². The monoisotopic (exact) mass is 259 g/mol. The predicted molar refractivity (Wildman–Crippen MR) is 56.5 cm³/mol. The number of nitrogens with zero attached hydrogens (tertiary/aromatic N) is 1. The van der Waals surface area contributed by atoms with Crippen molar-refractivity contribution in [3.63, 3.8) is 0 Å². The lowest BCUT2D eigenvalue weighted by Gasteiger charge is -2.34. The van der Waals surface area contributed by atoms with Gasteiger partial charge >= 0.3 is 12.1 Å². The number of hydrogen-bond acceptors (Lipinski definition) is 3. The molecule has 1 unspecified atom stereocenters. The Hall–Kier alpha value is -1.59. The van der Waals surface area contributed by atoms with Gasteiger partial charge in [0.15, 0.2) is 0 Å². The average Bonchev–Trinajstić information content (AvgIpc) is 3.09. The molecule has 18 heavy (non-hydrogen) atoms. The van der Waals surface area contributed by atoms with Crippen LogP contribution in [0.1, 0.15) is 25.5 Å². The third kappa shape index (κ3) is 2.07. The van der Waals surface area contributed by atoms with Gasteiger partial charge < -0.3 is 4.74 Å². The fourth-order valence-electron chi connectivity index (χ4n) is 2.08. The molecule has 6 heteroatoms. The zero-order chi connectivity index (χ0) is 13.4. The summed E-state index contributed by atoms with van der Waals surface area (Å²) in [6.07, 6.45) is -2.65. The molecule has 0 radical (unpaired) electrons. The van der Waals surface area contributed by atoms with E-state index in [1.54, 1.807) is 0 Å². The van der Waals surface area contributed by atoms with Crippen molar-refractivity contribution in [3.05, 3.63) is 30.1 Å². The first kappa shape index (κ1) is 12.9. The Labute approximate surface area is 102 Å². The van der Waals surface area contributed by atoms with E-state index in [9.17, 15) is 18.0 Å². The largest absolute Gasteiger partial charge is 0.443 e. The Bertz CT molecular complexity index is 442. The van der Waals surface area contributed by atoms with E-state index < -0.39 is 23.7 Å². The molecule has 0 aliphatic heterocycles. The number of esters is 1. The van der Waals surface area contributed by atoms with Crippen molar-refractivity contribution in [1.82, 2.24) is 4.98 Å². The molecule has 0 amide bonds. The predicted octanol–water partition coefficient (Wildman–Crippen LogP) is 2.81. The molecular formula is C12H12F3NO2. The molecule has 98 valence electrons. The lowest BCUT2D eigenvalue weighted by atomic mass is 9.91. The molecule has 1 aromatic heterocycles. The average molecular weight is 259 g/mol. The van der Waals surface area contributed by atoms with E-state index in [1.165, 1.54) is 24.4 Å². The van der Waals surface area contributed by atoms with Crippen LogP contribution in [0.2, 0.25) is 0 Å². The number of ether oxygens (including phenoxy) is 1. The molecule has 1 aliphatic rings. The number of hydrogen-bond donors (Lipinski definition) is 0. The van der Waals surface area contributed by atoms with Crippen molar-refractivity contribution in [2.24, 2.45) is 5.92 Å². The smallest absolute Gasteiger partial charge is 0.434 e. The van der Waals surface area contributed by atoms with Gasteiger partial charge in [-0.25, -0.2) is 0 Å². The molecule has 0 aromatic carbocycles. The normalized spacial score (nSPS) is 19.1. The standard InChI is InChI=1S/C12H12F3NO2/c1-8(17)18-11(9-5-6-9,12(13,14)15)10-4-2-3-7-16-10/h2-4,7,9H,5-6H2,1H3. The molecular weight excluding hydrogens is 247 g/mol. The molecule has 1 fully saturated rings. The van der Waals surface area contributed by atoms with Crippen LogP contribution < -0.4 is 0 Å². The Balaban J connectivity index is 2.53. The van der Waals surface area contributed by atoms with Crippen LogP contribution >= 0.6 is 0 Å². The quantitative estimate of drug-likeness (QED) is 0.783. The van der Waals surface area contributed by atoms with Gasteiger partial charge in [0, 0.05) is 19.0 Å². The van der Waals surface area contributed by atoms with E-state index >= 15 is 0 Å². The highest BCUT2D eigenvalue weighted by Gasteiger charge is 2.67. The number of pyridine rings is 1. The molecule has 0 spiro atoms. The topological polar surface area (TPSA) is 39.2 Å². The van der Waals surface area contributed by atoms with Gasteiger partial charge in [-0.2, -0.15) is 13.2 Å². The fourth-order valence-corrected chi connectivity index (χ4v) is 2.08. The van der Waals surface area contributed by atoms with Gasteiger partial charge in [-0.1, -0.05) is 6.07 Å². The summed E-state index contributed by atoms with van der Waals surface area (Å²) < 4.78 is 44.9. The van der Waals surface area contributed by atoms with Gasteiger partial charge in [0.1, 0.15) is 0 Å². The van der Waals surface area contributed by atoms with E-state index in [1.807, 2.05) is 0 Å². The Morgan fingerprint density at radius 2 is 2.06 bits per heavy atom. The molecule has 0 N–H and O–H groups in total. The molecule has 2 rings (SSSR count). The van der Waals surface area contributed by atoms with Crippen LogP contribution in [-0.4, -0.2) is 17.1 Å². The van der Waals surface area contributed by atoms with E-state index in [4.69, 9.17) is 0 Å². The molecule has 0 bridgehead atoms. The molecule has 1 atom stereocenters. The molecule has 1 saturated carbocycles. The number of halogens is 3. The maximum absolute atomic E-state index is 13.4. The van der Waals surface area contributed by atoms with Gasteiger partial charge in [0.2, 0.25) is 0 Å². The summed E-state index contributed by atoms with van der Waals surface area (Å²) in [6.45, 7) is 0.978. The minimum atomic E-state index is -4.67. The zero-order valence-electron chi connectivity index (χ0n) is 9.70. The highest BCUT2D eigenvalue weighted by atomic mass is 19.4. The highest BCUT2D eigenvalue weighted by Crippen LogP contribution is 2.56. The van der Waals surface area contributed by atoms with Crippen molar-refractivity contribution in [1.29, 1.82) is 0 Å². The number of carbonyl (C=O) groups is 1. The molecule has 1 aliphatic carbocycles. The number of carbonyl (C=O) groups excluding carboxylic acids is 1. The van der Waals surface area contributed by atoms with Gasteiger partial charge in [-0.15, -0.1) is 0 Å². The van der Waals surface area contributed by atoms with Crippen LogP contribution in [0.25, 0.3) is 0 Å².